The van der Waals surface area contributed by atoms with E-state index in [2.05, 4.69) is 30.5 Å². The summed E-state index contributed by atoms with van der Waals surface area (Å²) in [6.45, 7) is 6.82. The number of carbonyl (C=O) groups is 2. The van der Waals surface area contributed by atoms with E-state index in [-0.39, 0.29) is 23.6 Å². The molecule has 3 aromatic rings. The van der Waals surface area contributed by atoms with Gasteiger partial charge in [0.2, 0.25) is 5.91 Å². The van der Waals surface area contributed by atoms with Crippen LogP contribution in [-0.4, -0.2) is 51.1 Å². The quantitative estimate of drug-likeness (QED) is 0.542. The van der Waals surface area contributed by atoms with Crippen LogP contribution in [0.4, 0.5) is 11.6 Å². The Bertz CT molecular complexity index is 1180. The van der Waals surface area contributed by atoms with Crippen molar-refractivity contribution in [2.75, 3.05) is 23.3 Å². The first-order valence-electron chi connectivity index (χ1n) is 10.6. The molecule has 3 N–H and O–H groups in total. The van der Waals surface area contributed by atoms with Crippen LogP contribution >= 0.6 is 0 Å². The Hall–Kier alpha value is -3.75. The Morgan fingerprint density at radius 3 is 2.81 bits per heavy atom. The number of carboxylic acid groups (broad SMARTS) is 1. The molecule has 0 aliphatic carbocycles. The number of carboxylic acids is 1. The zero-order valence-corrected chi connectivity index (χ0v) is 18.3. The van der Waals surface area contributed by atoms with Crippen LogP contribution in [0, 0.1) is 6.92 Å². The van der Waals surface area contributed by atoms with Crippen molar-refractivity contribution in [1.29, 1.82) is 0 Å². The van der Waals surface area contributed by atoms with Crippen molar-refractivity contribution in [3.63, 3.8) is 0 Å². The lowest BCUT2D eigenvalue weighted by atomic mass is 10.0. The van der Waals surface area contributed by atoms with Gasteiger partial charge in [-0.25, -0.2) is 19.7 Å². The van der Waals surface area contributed by atoms with E-state index < -0.39 is 5.97 Å². The number of amides is 1. The standard InChI is InChI=1S/C23H26N6O3/c1-13(16-5-4-6-17(9-16)23(31)32)25-22-19-10-21(24-11-20(19)26-14(2)27-22)29-8-7-18(12-29)28-15(3)30/h4-6,9-11,13,18H,7-8,12H2,1-3H3,(H,28,30)(H,31,32)(H,25,26,27)/t13-,18-/m1/s1. The van der Waals surface area contributed by atoms with Crippen molar-refractivity contribution in [2.45, 2.75) is 39.3 Å². The Kier molecular flexibility index (Phi) is 5.89. The number of rotatable bonds is 6. The van der Waals surface area contributed by atoms with Crippen LogP contribution in [0.2, 0.25) is 0 Å². The van der Waals surface area contributed by atoms with E-state index in [0.717, 1.165) is 35.2 Å². The zero-order valence-electron chi connectivity index (χ0n) is 18.3. The van der Waals surface area contributed by atoms with Crippen LogP contribution in [0.3, 0.4) is 0 Å². The number of aromatic carboxylic acids is 1. The number of carbonyl (C=O) groups excluding carboxylic acids is 1. The Balaban J connectivity index is 1.62. The van der Waals surface area contributed by atoms with E-state index >= 15 is 0 Å². The van der Waals surface area contributed by atoms with Gasteiger partial charge in [-0.3, -0.25) is 4.79 Å². The Morgan fingerprint density at radius 1 is 1.25 bits per heavy atom. The number of anilines is 2. The second-order valence-corrected chi connectivity index (χ2v) is 8.11. The molecule has 9 nitrogen and oxygen atoms in total. The molecule has 0 radical (unpaired) electrons. The van der Waals surface area contributed by atoms with Crippen molar-refractivity contribution in [1.82, 2.24) is 20.3 Å². The maximum absolute atomic E-state index is 11.4. The molecule has 32 heavy (non-hydrogen) atoms. The minimum Gasteiger partial charge on any atom is -0.478 e. The third kappa shape index (κ3) is 4.61. The molecule has 0 bridgehead atoms. The summed E-state index contributed by atoms with van der Waals surface area (Å²) in [5.74, 6) is 1.11. The topological polar surface area (TPSA) is 120 Å². The molecule has 2 aromatic heterocycles. The third-order valence-electron chi connectivity index (χ3n) is 5.59. The summed E-state index contributed by atoms with van der Waals surface area (Å²) in [4.78, 5) is 38.5. The highest BCUT2D eigenvalue weighted by Gasteiger charge is 2.24. The summed E-state index contributed by atoms with van der Waals surface area (Å²) in [5.41, 5.74) is 1.82. The van der Waals surface area contributed by atoms with Crippen molar-refractivity contribution < 1.29 is 14.7 Å². The minimum absolute atomic E-state index is 0.0281. The van der Waals surface area contributed by atoms with Gasteiger partial charge in [0.15, 0.2) is 0 Å². The number of fused-ring (bicyclic) bond motifs is 1. The largest absolute Gasteiger partial charge is 0.478 e. The van der Waals surface area contributed by atoms with Crippen molar-refractivity contribution in [3.8, 4) is 0 Å². The molecule has 1 fully saturated rings. The fourth-order valence-electron chi connectivity index (χ4n) is 4.02. The maximum atomic E-state index is 11.4. The van der Waals surface area contributed by atoms with Gasteiger partial charge >= 0.3 is 5.97 Å². The molecular weight excluding hydrogens is 408 g/mol. The highest BCUT2D eigenvalue weighted by molar-refractivity contribution is 5.91. The molecule has 1 saturated heterocycles. The maximum Gasteiger partial charge on any atom is 0.335 e. The molecule has 166 valence electrons. The first kappa shape index (κ1) is 21.5. The van der Waals surface area contributed by atoms with Gasteiger partial charge in [-0.05, 0) is 44.0 Å². The minimum atomic E-state index is -0.957. The van der Waals surface area contributed by atoms with Gasteiger partial charge in [-0.15, -0.1) is 0 Å². The summed E-state index contributed by atoms with van der Waals surface area (Å²) < 4.78 is 0. The second-order valence-electron chi connectivity index (χ2n) is 8.11. The number of aryl methyl sites for hydroxylation is 1. The fraction of sp³-hybridized carbons (Fsp3) is 0.348. The van der Waals surface area contributed by atoms with Crippen LogP contribution in [0.15, 0.2) is 36.5 Å². The van der Waals surface area contributed by atoms with Gasteiger partial charge in [0, 0.05) is 37.5 Å². The van der Waals surface area contributed by atoms with E-state index in [1.165, 1.54) is 6.92 Å². The third-order valence-corrected chi connectivity index (χ3v) is 5.59. The Labute approximate surface area is 185 Å². The molecule has 4 rings (SSSR count). The molecule has 0 spiro atoms. The molecule has 1 amide bonds. The second kappa shape index (κ2) is 8.78. The van der Waals surface area contributed by atoms with Crippen molar-refractivity contribution >= 4 is 34.4 Å². The summed E-state index contributed by atoms with van der Waals surface area (Å²) >= 11 is 0. The smallest absolute Gasteiger partial charge is 0.335 e. The summed E-state index contributed by atoms with van der Waals surface area (Å²) in [5, 5.41) is 16.5. The lowest BCUT2D eigenvalue weighted by molar-refractivity contribution is -0.119. The monoisotopic (exact) mass is 434 g/mol. The lowest BCUT2D eigenvalue weighted by Gasteiger charge is -2.20. The van der Waals surface area contributed by atoms with E-state index in [1.807, 2.05) is 26.0 Å². The molecule has 2 atom stereocenters. The average molecular weight is 435 g/mol. The number of aromatic nitrogens is 3. The molecule has 1 aromatic carbocycles. The highest BCUT2D eigenvalue weighted by atomic mass is 16.4. The van der Waals surface area contributed by atoms with Gasteiger partial charge in [-0.2, -0.15) is 0 Å². The van der Waals surface area contributed by atoms with Crippen molar-refractivity contribution in [2.24, 2.45) is 0 Å². The fourth-order valence-corrected chi connectivity index (χ4v) is 4.02. The van der Waals surface area contributed by atoms with E-state index in [4.69, 9.17) is 0 Å². The predicted molar refractivity (Wildman–Crippen MR) is 122 cm³/mol. The highest BCUT2D eigenvalue weighted by Crippen LogP contribution is 2.28. The molecule has 9 heteroatoms. The summed E-state index contributed by atoms with van der Waals surface area (Å²) in [6.07, 6.45) is 2.61. The molecule has 0 saturated carbocycles. The van der Waals surface area contributed by atoms with Crippen LogP contribution in [-0.2, 0) is 4.79 Å². The first-order valence-corrected chi connectivity index (χ1v) is 10.6. The number of nitrogens with one attached hydrogen (secondary N) is 2. The summed E-state index contributed by atoms with van der Waals surface area (Å²) in [7, 11) is 0. The molecule has 3 heterocycles. The molecule has 0 unspecified atom stereocenters. The van der Waals surface area contributed by atoms with E-state index in [0.29, 0.717) is 18.2 Å². The number of benzene rings is 1. The lowest BCUT2D eigenvalue weighted by Crippen LogP contribution is -2.35. The van der Waals surface area contributed by atoms with Gasteiger partial charge in [0.1, 0.15) is 17.5 Å². The normalized spacial score (nSPS) is 16.7. The zero-order chi connectivity index (χ0) is 22.8. The number of nitrogens with zero attached hydrogens (tertiary/aromatic N) is 4. The van der Waals surface area contributed by atoms with Crippen LogP contribution in [0.1, 0.15) is 48.1 Å². The van der Waals surface area contributed by atoms with Crippen LogP contribution in [0.25, 0.3) is 10.9 Å². The number of hydrogen-bond donors (Lipinski definition) is 3. The number of hydrogen-bond acceptors (Lipinski definition) is 7. The van der Waals surface area contributed by atoms with Gasteiger partial charge < -0.3 is 20.6 Å². The van der Waals surface area contributed by atoms with Gasteiger partial charge in [-0.1, -0.05) is 12.1 Å². The predicted octanol–water partition coefficient (Wildman–Crippen LogP) is 2.92. The average Bonchev–Trinajstić information content (AvgIpc) is 3.21. The summed E-state index contributed by atoms with van der Waals surface area (Å²) in [6, 6.07) is 8.77. The molecule has 1 aliphatic heterocycles. The van der Waals surface area contributed by atoms with Crippen LogP contribution in [0.5, 0.6) is 0 Å². The van der Waals surface area contributed by atoms with Gasteiger partial charge in [0.05, 0.1) is 17.3 Å². The van der Waals surface area contributed by atoms with E-state index in [1.54, 1.807) is 24.4 Å². The Morgan fingerprint density at radius 2 is 2.06 bits per heavy atom. The molecular formula is C23H26N6O3. The molecule has 1 aliphatic rings. The van der Waals surface area contributed by atoms with Crippen LogP contribution < -0.4 is 15.5 Å². The SMILES string of the molecule is CC(=O)N[C@@H]1CCN(c2cc3c(N[C@H](C)c4cccc(C(=O)O)c4)nc(C)nc3cn2)C1. The van der Waals surface area contributed by atoms with Crippen molar-refractivity contribution in [3.05, 3.63) is 53.5 Å². The van der Waals surface area contributed by atoms with Gasteiger partial charge in [0.25, 0.3) is 0 Å². The van der Waals surface area contributed by atoms with E-state index in [9.17, 15) is 14.7 Å². The first-order chi connectivity index (χ1) is 15.3. The number of pyridine rings is 1.